The quantitative estimate of drug-likeness (QED) is 0.110. The number of ether oxygens (including phenoxy) is 5. The predicted molar refractivity (Wildman–Crippen MR) is 181 cm³/mol. The van der Waals surface area contributed by atoms with Gasteiger partial charge in [0, 0.05) is 25.6 Å². The van der Waals surface area contributed by atoms with Gasteiger partial charge in [0.05, 0.1) is 26.0 Å². The van der Waals surface area contributed by atoms with Crippen molar-refractivity contribution in [3.05, 3.63) is 140 Å². The van der Waals surface area contributed by atoms with Crippen LogP contribution in [0.5, 0.6) is 0 Å². The van der Waals surface area contributed by atoms with E-state index in [0.717, 1.165) is 21.3 Å². The number of carbonyl (C=O) groups excluding carboxylic acids is 2. The standard InChI is InChI=1S/C37H39N3O10/c1-25-20-40(36(44)39-34(25)43)35-32(49-27(3)42)33(46-22-29-15-9-5-10-16-29)37(50-35,24-45-21-28-13-7-4-8-14-28)31(48-26(2)41)19-38-47-23-30-17-11-6-12-18-30/h4-20,31-33,35H,21-24H2,1-3H3,(H,39,43,44)/b38-19+/t31-,32+,33-,35+,37-/m0/s1. The van der Waals surface area contributed by atoms with Crippen LogP contribution in [0.1, 0.15) is 42.3 Å². The Bertz CT molecular complexity index is 1860. The zero-order valence-corrected chi connectivity index (χ0v) is 27.9. The van der Waals surface area contributed by atoms with Crippen LogP contribution in [0.2, 0.25) is 0 Å². The molecule has 5 rings (SSSR count). The van der Waals surface area contributed by atoms with Gasteiger partial charge in [0.1, 0.15) is 12.7 Å². The summed E-state index contributed by atoms with van der Waals surface area (Å²) in [6.07, 6.45) is -2.74. The zero-order valence-electron chi connectivity index (χ0n) is 27.9. The molecule has 1 aliphatic rings. The molecule has 1 aliphatic heterocycles. The van der Waals surface area contributed by atoms with Crippen molar-refractivity contribution in [2.24, 2.45) is 5.16 Å². The molecule has 1 aromatic heterocycles. The minimum Gasteiger partial charge on any atom is -0.455 e. The Labute approximate surface area is 288 Å². The second-order valence-corrected chi connectivity index (χ2v) is 11.8. The van der Waals surface area contributed by atoms with Crippen LogP contribution in [-0.2, 0) is 57.9 Å². The molecule has 1 N–H and O–H groups in total. The Morgan fingerprint density at radius 3 is 2.04 bits per heavy atom. The van der Waals surface area contributed by atoms with E-state index in [9.17, 15) is 19.2 Å². The summed E-state index contributed by atoms with van der Waals surface area (Å²) < 4.78 is 32.3. The van der Waals surface area contributed by atoms with E-state index in [0.29, 0.717) is 0 Å². The highest BCUT2D eigenvalue weighted by molar-refractivity contribution is 5.73. The van der Waals surface area contributed by atoms with E-state index in [1.54, 1.807) is 0 Å². The lowest BCUT2D eigenvalue weighted by atomic mass is 9.89. The summed E-state index contributed by atoms with van der Waals surface area (Å²) in [7, 11) is 0. The Hall–Kier alpha value is -5.37. The highest BCUT2D eigenvalue weighted by Crippen LogP contribution is 2.44. The number of aromatic nitrogens is 2. The number of aryl methyl sites for hydroxylation is 1. The highest BCUT2D eigenvalue weighted by atomic mass is 16.7. The number of oxime groups is 1. The lowest BCUT2D eigenvalue weighted by Crippen LogP contribution is -2.59. The third-order valence-electron chi connectivity index (χ3n) is 7.95. The third-order valence-corrected chi connectivity index (χ3v) is 7.95. The molecule has 0 radical (unpaired) electrons. The van der Waals surface area contributed by atoms with Crippen LogP contribution in [0.15, 0.2) is 112 Å². The molecule has 0 unspecified atom stereocenters. The van der Waals surface area contributed by atoms with E-state index in [4.69, 9.17) is 28.5 Å². The maximum atomic E-state index is 13.3. The average Bonchev–Trinajstić information content (AvgIpc) is 3.40. The first kappa shape index (κ1) is 35.9. The van der Waals surface area contributed by atoms with Gasteiger partial charge in [0.15, 0.2) is 24.0 Å². The maximum absolute atomic E-state index is 13.3. The Kier molecular flexibility index (Phi) is 12.1. The van der Waals surface area contributed by atoms with Gasteiger partial charge in [0.25, 0.3) is 5.56 Å². The molecule has 13 heteroatoms. The van der Waals surface area contributed by atoms with Crippen molar-refractivity contribution in [1.82, 2.24) is 9.55 Å². The number of esters is 2. The first-order valence-corrected chi connectivity index (χ1v) is 16.0. The van der Waals surface area contributed by atoms with Gasteiger partial charge in [-0.05, 0) is 23.6 Å². The summed E-state index contributed by atoms with van der Waals surface area (Å²) in [5, 5.41) is 4.14. The predicted octanol–water partition coefficient (Wildman–Crippen LogP) is 3.98. The van der Waals surface area contributed by atoms with Gasteiger partial charge >= 0.3 is 17.6 Å². The summed E-state index contributed by atoms with van der Waals surface area (Å²) in [5.74, 6) is -1.39. The van der Waals surface area contributed by atoms with Crippen LogP contribution in [0.3, 0.4) is 0 Å². The highest BCUT2D eigenvalue weighted by Gasteiger charge is 2.63. The topological polar surface area (TPSA) is 157 Å². The molecule has 0 bridgehead atoms. The molecule has 262 valence electrons. The van der Waals surface area contributed by atoms with Crippen molar-refractivity contribution < 1.29 is 38.1 Å². The molecule has 1 fully saturated rings. The van der Waals surface area contributed by atoms with Gasteiger partial charge in [0.2, 0.25) is 0 Å². The van der Waals surface area contributed by atoms with E-state index in [1.807, 2.05) is 91.0 Å². The van der Waals surface area contributed by atoms with Crippen molar-refractivity contribution in [2.45, 2.75) is 70.7 Å². The summed E-state index contributed by atoms with van der Waals surface area (Å²) in [6.45, 7) is 3.88. The molecule has 0 spiro atoms. The van der Waals surface area contributed by atoms with Gasteiger partial charge < -0.3 is 28.5 Å². The molecule has 1 saturated heterocycles. The molecule has 5 atom stereocenters. The number of benzene rings is 3. The number of H-pyrrole nitrogens is 1. The normalized spacial score (nSPS) is 20.7. The molecule has 0 amide bonds. The average molecular weight is 686 g/mol. The largest absolute Gasteiger partial charge is 0.455 e. The molecular weight excluding hydrogens is 646 g/mol. The summed E-state index contributed by atoms with van der Waals surface area (Å²) >= 11 is 0. The fraction of sp³-hybridized carbons (Fsp3) is 0.324. The van der Waals surface area contributed by atoms with Crippen LogP contribution in [0.4, 0.5) is 0 Å². The number of rotatable bonds is 15. The zero-order chi connectivity index (χ0) is 35.5. The number of hydrogen-bond acceptors (Lipinski definition) is 11. The smallest absolute Gasteiger partial charge is 0.330 e. The number of nitrogens with one attached hydrogen (secondary N) is 1. The molecule has 3 aromatic carbocycles. The van der Waals surface area contributed by atoms with Crippen molar-refractivity contribution in [1.29, 1.82) is 0 Å². The Morgan fingerprint density at radius 2 is 1.46 bits per heavy atom. The maximum Gasteiger partial charge on any atom is 0.330 e. The number of hydrogen-bond donors (Lipinski definition) is 1. The Balaban J connectivity index is 1.62. The molecule has 0 aliphatic carbocycles. The van der Waals surface area contributed by atoms with E-state index in [1.165, 1.54) is 33.2 Å². The van der Waals surface area contributed by atoms with Crippen molar-refractivity contribution >= 4 is 18.2 Å². The third kappa shape index (κ3) is 8.99. The van der Waals surface area contributed by atoms with Crippen molar-refractivity contribution in [2.75, 3.05) is 6.61 Å². The molecule has 2 heterocycles. The van der Waals surface area contributed by atoms with Crippen molar-refractivity contribution in [3.63, 3.8) is 0 Å². The number of carbonyl (C=O) groups is 2. The first-order valence-electron chi connectivity index (χ1n) is 16.0. The first-order chi connectivity index (χ1) is 24.2. The van der Waals surface area contributed by atoms with E-state index in [2.05, 4.69) is 10.1 Å². The number of nitrogens with zero attached hydrogens (tertiary/aromatic N) is 2. The van der Waals surface area contributed by atoms with Crippen LogP contribution in [0.25, 0.3) is 0 Å². The molecule has 0 saturated carbocycles. The molecule has 13 nitrogen and oxygen atoms in total. The van der Waals surface area contributed by atoms with Crippen molar-refractivity contribution in [3.8, 4) is 0 Å². The Morgan fingerprint density at radius 1 is 0.880 bits per heavy atom. The van der Waals surface area contributed by atoms with E-state index < -0.39 is 53.3 Å². The monoisotopic (exact) mass is 685 g/mol. The second-order valence-electron chi connectivity index (χ2n) is 11.8. The fourth-order valence-electron chi connectivity index (χ4n) is 5.63. The van der Waals surface area contributed by atoms with Gasteiger partial charge in [-0.2, -0.15) is 0 Å². The lowest BCUT2D eigenvalue weighted by Gasteiger charge is -2.38. The molecule has 4 aromatic rings. The lowest BCUT2D eigenvalue weighted by molar-refractivity contribution is -0.202. The summed E-state index contributed by atoms with van der Waals surface area (Å²) in [5.41, 5.74) is -0.564. The van der Waals surface area contributed by atoms with E-state index >= 15 is 0 Å². The van der Waals surface area contributed by atoms with Crippen LogP contribution < -0.4 is 11.2 Å². The number of aromatic amines is 1. The molecular formula is C37H39N3O10. The summed E-state index contributed by atoms with van der Waals surface area (Å²) in [4.78, 5) is 58.8. The van der Waals surface area contributed by atoms with Crippen LogP contribution in [-0.4, -0.2) is 58.2 Å². The SMILES string of the molecule is CC(=O)O[C@H]1[C@H](n2cc(C)c(=O)[nH]c2=O)O[C@@](COCc2ccccc2)([C@H](/C=N/OCc2ccccc2)OC(C)=O)[C@H]1OCc1ccccc1. The molecule has 50 heavy (non-hydrogen) atoms. The van der Waals surface area contributed by atoms with Crippen LogP contribution >= 0.6 is 0 Å². The van der Waals surface area contributed by atoms with Gasteiger partial charge in [-0.3, -0.25) is 23.9 Å². The minimum absolute atomic E-state index is 0.00772. The van der Waals surface area contributed by atoms with E-state index in [-0.39, 0.29) is 32.0 Å². The van der Waals surface area contributed by atoms with Crippen LogP contribution in [0, 0.1) is 6.92 Å². The minimum atomic E-state index is -1.80. The van der Waals surface area contributed by atoms with Gasteiger partial charge in [-0.1, -0.05) is 96.2 Å². The van der Waals surface area contributed by atoms with Gasteiger partial charge in [-0.15, -0.1) is 0 Å². The fourth-order valence-corrected chi connectivity index (χ4v) is 5.63. The second kappa shape index (κ2) is 16.8. The van der Waals surface area contributed by atoms with Gasteiger partial charge in [-0.25, -0.2) is 4.79 Å². The summed E-state index contributed by atoms with van der Waals surface area (Å²) in [6, 6.07) is 27.9.